The molecule has 0 aliphatic carbocycles. The maximum atomic E-state index is 11.4. The van der Waals surface area contributed by atoms with Crippen LogP contribution in [0.15, 0.2) is 48.5 Å². The first-order valence-electron chi connectivity index (χ1n) is 11.0. The summed E-state index contributed by atoms with van der Waals surface area (Å²) in [6, 6.07) is 15.3. The Morgan fingerprint density at radius 2 is 1.32 bits per heavy atom. The Hall–Kier alpha value is -3.87. The number of methoxy groups -OCH3 is 3. The van der Waals surface area contributed by atoms with E-state index in [0.29, 0.717) is 12.2 Å². The summed E-state index contributed by atoms with van der Waals surface area (Å²) >= 11 is 0. The number of carboxylic acid groups (broad SMARTS) is 1. The van der Waals surface area contributed by atoms with E-state index >= 15 is 0 Å². The third-order valence-electron chi connectivity index (χ3n) is 5.98. The summed E-state index contributed by atoms with van der Waals surface area (Å²) < 4.78 is 27.4. The molecule has 1 aliphatic heterocycles. The topological polar surface area (TPSA) is 83.5 Å². The molecule has 0 atom stereocenters. The lowest BCUT2D eigenvalue weighted by Gasteiger charge is -2.16. The van der Waals surface area contributed by atoms with Crippen LogP contribution in [0, 0.1) is 0 Å². The summed E-state index contributed by atoms with van der Waals surface area (Å²) in [7, 11) is 4.79. The molecule has 3 aromatic carbocycles. The Kier molecular flexibility index (Phi) is 7.11. The van der Waals surface area contributed by atoms with E-state index < -0.39 is 5.97 Å². The van der Waals surface area contributed by atoms with E-state index in [2.05, 4.69) is 12.1 Å². The van der Waals surface area contributed by atoms with Gasteiger partial charge in [0.15, 0.2) is 11.5 Å². The van der Waals surface area contributed by atoms with Crippen LogP contribution in [0.4, 0.5) is 0 Å². The van der Waals surface area contributed by atoms with Gasteiger partial charge < -0.3 is 28.8 Å². The van der Waals surface area contributed by atoms with Crippen LogP contribution in [0.25, 0.3) is 0 Å². The summed E-state index contributed by atoms with van der Waals surface area (Å²) in [5, 5.41) is 9.30. The van der Waals surface area contributed by atoms with Crippen molar-refractivity contribution in [2.24, 2.45) is 0 Å². The lowest BCUT2D eigenvalue weighted by molar-refractivity contribution is 0.0693. The average Bonchev–Trinajstić information content (AvgIpc) is 3.33. The summed E-state index contributed by atoms with van der Waals surface area (Å²) in [5.74, 6) is 2.46. The molecular formula is C27H28O7. The number of ether oxygens (including phenoxy) is 5. The monoisotopic (exact) mass is 464 g/mol. The minimum absolute atomic E-state index is 0.152. The highest BCUT2D eigenvalue weighted by Gasteiger charge is 2.16. The van der Waals surface area contributed by atoms with Gasteiger partial charge in [-0.3, -0.25) is 0 Å². The van der Waals surface area contributed by atoms with Gasteiger partial charge in [0.1, 0.15) is 22.8 Å². The Morgan fingerprint density at radius 1 is 0.735 bits per heavy atom. The van der Waals surface area contributed by atoms with Gasteiger partial charge in [-0.2, -0.15) is 0 Å². The molecule has 7 heteroatoms. The molecule has 0 aromatic heterocycles. The number of rotatable bonds is 10. The second kappa shape index (κ2) is 10.4. The number of carboxylic acids is 1. The molecule has 0 radical (unpaired) electrons. The molecule has 3 aromatic rings. The second-order valence-corrected chi connectivity index (χ2v) is 8.00. The summed E-state index contributed by atoms with van der Waals surface area (Å²) in [6.45, 7) is 0.263. The quantitative estimate of drug-likeness (QED) is 0.465. The van der Waals surface area contributed by atoms with Crippen molar-refractivity contribution in [1.82, 2.24) is 0 Å². The van der Waals surface area contributed by atoms with Crippen molar-refractivity contribution in [2.75, 3.05) is 28.1 Å². The zero-order valence-corrected chi connectivity index (χ0v) is 19.6. The van der Waals surface area contributed by atoms with E-state index in [4.69, 9.17) is 23.7 Å². The van der Waals surface area contributed by atoms with E-state index in [9.17, 15) is 9.90 Å². The molecule has 1 N–H and O–H groups in total. The molecule has 0 saturated carbocycles. The fourth-order valence-electron chi connectivity index (χ4n) is 4.15. The van der Waals surface area contributed by atoms with Gasteiger partial charge in [-0.15, -0.1) is 0 Å². The van der Waals surface area contributed by atoms with Gasteiger partial charge in [0.05, 0.1) is 21.3 Å². The maximum Gasteiger partial charge on any atom is 0.339 e. The summed E-state index contributed by atoms with van der Waals surface area (Å²) in [6.07, 6.45) is 3.05. The van der Waals surface area contributed by atoms with Crippen molar-refractivity contribution < 1.29 is 33.6 Å². The van der Waals surface area contributed by atoms with Gasteiger partial charge in [0.2, 0.25) is 6.79 Å². The van der Waals surface area contributed by atoms with Crippen molar-refractivity contribution >= 4 is 5.97 Å². The Labute approximate surface area is 198 Å². The number of fused-ring (bicyclic) bond motifs is 1. The van der Waals surface area contributed by atoms with Crippen LogP contribution >= 0.6 is 0 Å². The fraction of sp³-hybridized carbons (Fsp3) is 0.296. The van der Waals surface area contributed by atoms with Gasteiger partial charge in [-0.25, -0.2) is 4.79 Å². The molecule has 4 rings (SSSR count). The first-order valence-corrected chi connectivity index (χ1v) is 11.0. The van der Waals surface area contributed by atoms with Crippen molar-refractivity contribution in [1.29, 1.82) is 0 Å². The molecule has 0 fully saturated rings. The Balaban J connectivity index is 1.52. The van der Waals surface area contributed by atoms with Crippen LogP contribution in [0.5, 0.6) is 28.7 Å². The second-order valence-electron chi connectivity index (χ2n) is 8.00. The van der Waals surface area contributed by atoms with Gasteiger partial charge in [-0.1, -0.05) is 12.1 Å². The van der Waals surface area contributed by atoms with E-state index in [-0.39, 0.29) is 12.4 Å². The van der Waals surface area contributed by atoms with Gasteiger partial charge in [0, 0.05) is 6.07 Å². The maximum absolute atomic E-state index is 11.4. The van der Waals surface area contributed by atoms with E-state index in [1.54, 1.807) is 26.4 Å². The molecular weight excluding hydrogens is 436 g/mol. The van der Waals surface area contributed by atoms with Crippen molar-refractivity contribution in [3.8, 4) is 28.7 Å². The SMILES string of the molecule is COc1cc(OC)c(CCc2ccc(C(=O)O)c(OC)c2)cc1CCc1ccc2c(c1)OCO2. The van der Waals surface area contributed by atoms with Crippen LogP contribution in [0.2, 0.25) is 0 Å². The third kappa shape index (κ3) is 5.03. The van der Waals surface area contributed by atoms with E-state index in [1.165, 1.54) is 7.11 Å². The fourth-order valence-corrected chi connectivity index (χ4v) is 4.15. The van der Waals surface area contributed by atoms with Crippen molar-refractivity contribution in [3.05, 3.63) is 76.3 Å². The molecule has 1 heterocycles. The molecule has 1 aliphatic rings. The zero-order chi connectivity index (χ0) is 24.1. The smallest absolute Gasteiger partial charge is 0.339 e. The number of aromatic carboxylic acids is 1. The van der Waals surface area contributed by atoms with Crippen LogP contribution in [-0.2, 0) is 25.7 Å². The third-order valence-corrected chi connectivity index (χ3v) is 5.98. The summed E-state index contributed by atoms with van der Waals surface area (Å²) in [4.78, 5) is 11.4. The Morgan fingerprint density at radius 3 is 1.94 bits per heavy atom. The number of carbonyl (C=O) groups is 1. The highest BCUT2D eigenvalue weighted by molar-refractivity contribution is 5.91. The first-order chi connectivity index (χ1) is 16.5. The molecule has 178 valence electrons. The molecule has 0 bridgehead atoms. The van der Waals surface area contributed by atoms with Crippen molar-refractivity contribution in [3.63, 3.8) is 0 Å². The lowest BCUT2D eigenvalue weighted by Crippen LogP contribution is -2.03. The average molecular weight is 465 g/mol. The van der Waals surface area contributed by atoms with Crippen LogP contribution in [0.1, 0.15) is 32.6 Å². The van der Waals surface area contributed by atoms with Gasteiger partial charge in [-0.05, 0) is 78.3 Å². The highest BCUT2D eigenvalue weighted by Crippen LogP contribution is 2.34. The molecule has 34 heavy (non-hydrogen) atoms. The van der Waals surface area contributed by atoms with Crippen molar-refractivity contribution in [2.45, 2.75) is 25.7 Å². The van der Waals surface area contributed by atoms with Crippen LogP contribution < -0.4 is 23.7 Å². The Bertz CT molecular complexity index is 1190. The van der Waals surface area contributed by atoms with Crippen LogP contribution in [-0.4, -0.2) is 39.2 Å². The molecule has 0 unspecified atom stereocenters. The number of benzene rings is 3. The van der Waals surface area contributed by atoms with E-state index in [0.717, 1.165) is 64.5 Å². The number of hydrogen-bond acceptors (Lipinski definition) is 6. The first kappa shape index (κ1) is 23.3. The van der Waals surface area contributed by atoms with Gasteiger partial charge in [0.25, 0.3) is 0 Å². The predicted molar refractivity (Wildman–Crippen MR) is 127 cm³/mol. The standard InChI is InChI=1S/C27H28O7/c1-30-23-15-24(31-2)20(9-5-18-7-11-22-26(13-18)34-16-33-22)14-19(23)8-4-17-6-10-21(27(28)29)25(12-17)32-3/h6-7,10-15H,4-5,8-9,16H2,1-3H3,(H,28,29). The molecule has 0 saturated heterocycles. The lowest BCUT2D eigenvalue weighted by atomic mass is 9.97. The highest BCUT2D eigenvalue weighted by atomic mass is 16.7. The minimum atomic E-state index is -1.01. The summed E-state index contributed by atoms with van der Waals surface area (Å²) in [5.41, 5.74) is 4.45. The molecule has 0 amide bonds. The van der Waals surface area contributed by atoms with Gasteiger partial charge >= 0.3 is 5.97 Å². The molecule has 0 spiro atoms. The van der Waals surface area contributed by atoms with E-state index in [1.807, 2.05) is 24.3 Å². The predicted octanol–water partition coefficient (Wildman–Crippen LogP) is 4.71. The molecule has 7 nitrogen and oxygen atoms in total. The van der Waals surface area contributed by atoms with Crippen LogP contribution in [0.3, 0.4) is 0 Å². The number of hydrogen-bond donors (Lipinski definition) is 1. The minimum Gasteiger partial charge on any atom is -0.496 e. The normalized spacial score (nSPS) is 11.9. The largest absolute Gasteiger partial charge is 0.496 e. The zero-order valence-electron chi connectivity index (χ0n) is 19.6. The number of aryl methyl sites for hydroxylation is 4.